The Labute approximate surface area is 138 Å². The number of carboxylic acids is 1. The Balaban J connectivity index is 3.02. The molecule has 0 bridgehead atoms. The van der Waals surface area contributed by atoms with Crippen LogP contribution in [-0.4, -0.2) is 30.3 Å². The molecule has 0 aromatic heterocycles. The Morgan fingerprint density at radius 2 is 1.65 bits per heavy atom. The van der Waals surface area contributed by atoms with E-state index in [2.05, 4.69) is 13.8 Å². The number of hydrogen-bond acceptors (Lipinski definition) is 4. The van der Waals surface area contributed by atoms with E-state index in [4.69, 9.17) is 20.3 Å². The van der Waals surface area contributed by atoms with Crippen LogP contribution in [0.25, 0.3) is 0 Å². The van der Waals surface area contributed by atoms with Crippen LogP contribution in [0, 0.1) is 5.92 Å². The minimum absolute atomic E-state index is 0.171. The number of hydrogen-bond donors (Lipinski definition) is 2. The van der Waals surface area contributed by atoms with E-state index in [-0.39, 0.29) is 11.8 Å². The van der Waals surface area contributed by atoms with Crippen LogP contribution < -0.4 is 15.2 Å². The third kappa shape index (κ3) is 5.75. The molecule has 1 aromatic carbocycles. The van der Waals surface area contributed by atoms with Crippen LogP contribution in [0.2, 0.25) is 0 Å². The van der Waals surface area contributed by atoms with E-state index < -0.39 is 12.0 Å². The second-order valence-electron chi connectivity index (χ2n) is 5.74. The maximum atomic E-state index is 11.0. The molecule has 3 unspecified atom stereocenters. The lowest BCUT2D eigenvalue weighted by Gasteiger charge is -2.25. The highest BCUT2D eigenvalue weighted by molar-refractivity contribution is 5.73. The van der Waals surface area contributed by atoms with Crippen LogP contribution in [0.1, 0.15) is 52.0 Å². The zero-order valence-corrected chi connectivity index (χ0v) is 14.5. The molecule has 5 nitrogen and oxygen atoms in total. The fraction of sp³-hybridized carbons (Fsp3) is 0.611. The van der Waals surface area contributed by atoms with E-state index in [0.717, 1.165) is 23.5 Å². The van der Waals surface area contributed by atoms with Crippen LogP contribution in [0.15, 0.2) is 18.2 Å². The van der Waals surface area contributed by atoms with Crippen molar-refractivity contribution in [3.05, 3.63) is 23.8 Å². The topological polar surface area (TPSA) is 81.8 Å². The van der Waals surface area contributed by atoms with Gasteiger partial charge in [0, 0.05) is 6.07 Å². The molecule has 1 rings (SSSR count). The summed E-state index contributed by atoms with van der Waals surface area (Å²) in [4.78, 5) is 11.0. The predicted octanol–water partition coefficient (Wildman–Crippen LogP) is 3.42. The van der Waals surface area contributed by atoms with Crippen LogP contribution in [0.4, 0.5) is 0 Å². The van der Waals surface area contributed by atoms with E-state index in [9.17, 15) is 4.79 Å². The van der Waals surface area contributed by atoms with Crippen molar-refractivity contribution >= 4 is 5.97 Å². The first kappa shape index (κ1) is 19.3. The number of carboxylic acid groups (broad SMARTS) is 1. The summed E-state index contributed by atoms with van der Waals surface area (Å²) in [7, 11) is 0. The molecule has 0 heterocycles. The van der Waals surface area contributed by atoms with Crippen molar-refractivity contribution < 1.29 is 19.4 Å². The van der Waals surface area contributed by atoms with E-state index in [1.807, 2.05) is 32.0 Å². The highest BCUT2D eigenvalue weighted by Crippen LogP contribution is 2.34. The monoisotopic (exact) mass is 323 g/mol. The van der Waals surface area contributed by atoms with Crippen molar-refractivity contribution in [2.24, 2.45) is 11.7 Å². The van der Waals surface area contributed by atoms with E-state index in [0.29, 0.717) is 19.6 Å². The molecule has 0 saturated carbocycles. The first-order valence-corrected chi connectivity index (χ1v) is 8.31. The molecule has 0 saturated heterocycles. The Morgan fingerprint density at radius 1 is 1.13 bits per heavy atom. The lowest BCUT2D eigenvalue weighted by atomic mass is 9.81. The number of aliphatic carboxylic acids is 1. The number of benzene rings is 1. The highest BCUT2D eigenvalue weighted by atomic mass is 16.5. The molecule has 0 amide bonds. The minimum Gasteiger partial charge on any atom is -0.494 e. The summed E-state index contributed by atoms with van der Waals surface area (Å²) in [6.07, 6.45) is 1.32. The highest BCUT2D eigenvalue weighted by Gasteiger charge is 2.24. The maximum absolute atomic E-state index is 11.0. The van der Waals surface area contributed by atoms with Gasteiger partial charge in [0.15, 0.2) is 0 Å². The molecule has 1 aromatic rings. The molecule has 5 heteroatoms. The number of ether oxygens (including phenoxy) is 2. The largest absolute Gasteiger partial charge is 0.494 e. The van der Waals surface area contributed by atoms with E-state index >= 15 is 0 Å². The number of carbonyl (C=O) groups is 1. The van der Waals surface area contributed by atoms with Gasteiger partial charge < -0.3 is 20.3 Å². The molecule has 0 aliphatic rings. The normalized spacial score (nSPS) is 14.8. The lowest BCUT2D eigenvalue weighted by molar-refractivity contribution is -0.139. The first-order chi connectivity index (χ1) is 10.9. The molecule has 23 heavy (non-hydrogen) atoms. The van der Waals surface area contributed by atoms with Gasteiger partial charge in [-0.1, -0.05) is 20.3 Å². The summed E-state index contributed by atoms with van der Waals surface area (Å²) in [6.45, 7) is 9.22. The first-order valence-electron chi connectivity index (χ1n) is 8.31. The summed E-state index contributed by atoms with van der Waals surface area (Å²) in [5.41, 5.74) is 6.80. The van der Waals surface area contributed by atoms with Gasteiger partial charge in [-0.2, -0.15) is 0 Å². The zero-order chi connectivity index (χ0) is 17.4. The molecule has 3 atom stereocenters. The summed E-state index contributed by atoms with van der Waals surface area (Å²) in [5.74, 6) is 0.960. The molecule has 0 spiro atoms. The Morgan fingerprint density at radius 3 is 2.04 bits per heavy atom. The predicted molar refractivity (Wildman–Crippen MR) is 91.2 cm³/mol. The van der Waals surface area contributed by atoms with Crippen molar-refractivity contribution in [1.82, 2.24) is 0 Å². The molecular weight excluding hydrogens is 294 g/mol. The van der Waals surface area contributed by atoms with Gasteiger partial charge in [0.25, 0.3) is 0 Å². The summed E-state index contributed by atoms with van der Waals surface area (Å²) < 4.78 is 11.2. The van der Waals surface area contributed by atoms with Crippen molar-refractivity contribution in [2.45, 2.75) is 52.5 Å². The molecule has 3 N–H and O–H groups in total. The maximum Gasteiger partial charge on any atom is 0.320 e. The van der Waals surface area contributed by atoms with Crippen molar-refractivity contribution in [3.8, 4) is 11.5 Å². The third-order valence-electron chi connectivity index (χ3n) is 4.16. The number of rotatable bonds is 10. The summed E-state index contributed by atoms with van der Waals surface area (Å²) >= 11 is 0. The second kappa shape index (κ2) is 9.40. The van der Waals surface area contributed by atoms with Crippen LogP contribution in [0.3, 0.4) is 0 Å². The molecular formula is C18H29NO4. The molecule has 0 fully saturated rings. The molecule has 0 aliphatic heterocycles. The van der Waals surface area contributed by atoms with Crippen LogP contribution >= 0.6 is 0 Å². The van der Waals surface area contributed by atoms with Gasteiger partial charge in [0.1, 0.15) is 17.5 Å². The van der Waals surface area contributed by atoms with Crippen LogP contribution in [0.5, 0.6) is 11.5 Å². The van der Waals surface area contributed by atoms with Crippen molar-refractivity contribution in [1.29, 1.82) is 0 Å². The van der Waals surface area contributed by atoms with Gasteiger partial charge in [0.2, 0.25) is 0 Å². The average molecular weight is 323 g/mol. The molecule has 0 radical (unpaired) electrons. The average Bonchev–Trinajstić information content (AvgIpc) is 2.52. The molecule has 130 valence electrons. The van der Waals surface area contributed by atoms with Gasteiger partial charge in [-0.3, -0.25) is 4.79 Å². The van der Waals surface area contributed by atoms with Crippen LogP contribution in [-0.2, 0) is 4.79 Å². The van der Waals surface area contributed by atoms with Gasteiger partial charge >= 0.3 is 5.97 Å². The van der Waals surface area contributed by atoms with Crippen molar-refractivity contribution in [3.63, 3.8) is 0 Å². The van der Waals surface area contributed by atoms with Gasteiger partial charge in [0.05, 0.1) is 13.2 Å². The smallest absolute Gasteiger partial charge is 0.320 e. The van der Waals surface area contributed by atoms with Gasteiger partial charge in [-0.25, -0.2) is 0 Å². The number of nitrogens with two attached hydrogens (primary N) is 1. The third-order valence-corrected chi connectivity index (χ3v) is 4.16. The summed E-state index contributed by atoms with van der Waals surface area (Å²) in [5, 5.41) is 9.04. The zero-order valence-electron chi connectivity index (χ0n) is 14.5. The lowest BCUT2D eigenvalue weighted by Crippen LogP contribution is -2.33. The standard InChI is InChI=1S/C18H29NO4/c1-5-13(10-17(19)18(20)21)12(4)14-8-15(22-6-2)11-16(9-14)23-7-3/h8-9,11-13,17H,5-7,10,19H2,1-4H3,(H,20,21). The fourth-order valence-corrected chi connectivity index (χ4v) is 2.78. The van der Waals surface area contributed by atoms with Crippen molar-refractivity contribution in [2.75, 3.05) is 13.2 Å². The Kier molecular flexibility index (Phi) is 7.89. The second-order valence-corrected chi connectivity index (χ2v) is 5.74. The quantitative estimate of drug-likeness (QED) is 0.689. The van der Waals surface area contributed by atoms with Gasteiger partial charge in [-0.05, 0) is 49.8 Å². The SMILES string of the molecule is CCOc1cc(OCC)cc(C(C)C(CC)CC(N)C(=O)O)c1. The van der Waals surface area contributed by atoms with E-state index in [1.54, 1.807) is 0 Å². The summed E-state index contributed by atoms with van der Waals surface area (Å²) in [6, 6.07) is 5.06. The van der Waals surface area contributed by atoms with E-state index in [1.165, 1.54) is 0 Å². The van der Waals surface area contributed by atoms with Gasteiger partial charge in [-0.15, -0.1) is 0 Å². The minimum atomic E-state index is -0.950. The fourth-order valence-electron chi connectivity index (χ4n) is 2.78. The molecule has 0 aliphatic carbocycles. The Hall–Kier alpha value is -1.75. The Bertz CT molecular complexity index is 480.